The molecule has 2 aliphatic heterocycles. The minimum atomic E-state index is -0.616. The van der Waals surface area contributed by atoms with Gasteiger partial charge in [-0.2, -0.15) is 4.99 Å². The number of carbonyl (C=O) groups is 2. The first-order chi connectivity index (χ1) is 8.16. The zero-order chi connectivity index (χ0) is 12.0. The fraction of sp³-hybridized carbons (Fsp3) is 0.167. The molecule has 0 aromatic heterocycles. The molecular weight excluding hydrogens is 218 g/mol. The van der Waals surface area contributed by atoms with Crippen LogP contribution in [0.15, 0.2) is 34.3 Å². The molecule has 3 rings (SSSR count). The van der Waals surface area contributed by atoms with Crippen LogP contribution in [0.5, 0.6) is 0 Å². The minimum Gasteiger partial charge on any atom is -0.271 e. The average Bonchev–Trinajstić information content (AvgIpc) is 2.31. The lowest BCUT2D eigenvalue weighted by molar-refractivity contribution is -0.113. The summed E-state index contributed by atoms with van der Waals surface area (Å²) in [4.78, 5) is 31.0. The van der Waals surface area contributed by atoms with Gasteiger partial charge in [-0.3, -0.25) is 10.1 Å². The quantitative estimate of drug-likeness (QED) is 0.730. The summed E-state index contributed by atoms with van der Waals surface area (Å²) in [5, 5.41) is 2.13. The number of benzene rings is 1. The van der Waals surface area contributed by atoms with Crippen molar-refractivity contribution in [2.45, 2.75) is 12.8 Å². The summed E-state index contributed by atoms with van der Waals surface area (Å²) in [6.45, 7) is 1.91. The van der Waals surface area contributed by atoms with E-state index in [1.165, 1.54) is 0 Å². The number of nitrogens with zero attached hydrogens (tertiary/aromatic N) is 2. The molecule has 1 aromatic carbocycles. The van der Waals surface area contributed by atoms with Crippen LogP contribution in [-0.2, 0) is 4.79 Å². The predicted molar refractivity (Wildman–Crippen MR) is 62.9 cm³/mol. The molecule has 0 aliphatic carbocycles. The molecule has 2 aliphatic rings. The predicted octanol–water partition coefficient (Wildman–Crippen LogP) is 1.57. The van der Waals surface area contributed by atoms with Crippen molar-refractivity contribution in [2.75, 3.05) is 0 Å². The zero-order valence-corrected chi connectivity index (χ0v) is 9.10. The molecule has 84 valence electrons. The van der Waals surface area contributed by atoms with Crippen molar-refractivity contribution in [3.8, 4) is 0 Å². The number of hydrogen-bond donors (Lipinski definition) is 1. The Morgan fingerprint density at radius 3 is 2.76 bits per heavy atom. The molecule has 0 fully saturated rings. The van der Waals surface area contributed by atoms with Crippen molar-refractivity contribution in [3.05, 3.63) is 29.8 Å². The van der Waals surface area contributed by atoms with Crippen molar-refractivity contribution in [1.29, 1.82) is 0 Å². The van der Waals surface area contributed by atoms with E-state index in [4.69, 9.17) is 0 Å². The van der Waals surface area contributed by atoms with Crippen LogP contribution in [0.4, 0.5) is 10.5 Å². The van der Waals surface area contributed by atoms with E-state index >= 15 is 0 Å². The van der Waals surface area contributed by atoms with Gasteiger partial charge in [0.25, 0.3) is 5.91 Å². The van der Waals surface area contributed by atoms with Crippen molar-refractivity contribution in [2.24, 2.45) is 9.98 Å². The second kappa shape index (κ2) is 3.35. The topological polar surface area (TPSA) is 70.9 Å². The summed E-state index contributed by atoms with van der Waals surface area (Å²) >= 11 is 0. The minimum absolute atomic E-state index is 0.0892. The fourth-order valence-electron chi connectivity index (χ4n) is 2.10. The smallest absolute Gasteiger partial charge is 0.271 e. The Balaban J connectivity index is 2.25. The molecule has 0 saturated heterocycles. The first kappa shape index (κ1) is 9.89. The number of urea groups is 1. The maximum Gasteiger partial charge on any atom is 0.348 e. The molecule has 1 aromatic rings. The Morgan fingerprint density at radius 2 is 1.94 bits per heavy atom. The van der Waals surface area contributed by atoms with Gasteiger partial charge in [0.1, 0.15) is 0 Å². The number of hydrogen-bond acceptors (Lipinski definition) is 3. The van der Waals surface area contributed by atoms with E-state index in [1.807, 2.05) is 31.2 Å². The molecule has 1 atom stereocenters. The maximum absolute atomic E-state index is 11.7. The van der Waals surface area contributed by atoms with Crippen LogP contribution in [0.3, 0.4) is 0 Å². The second-order valence-corrected chi connectivity index (χ2v) is 4.00. The lowest BCUT2D eigenvalue weighted by Gasteiger charge is -2.24. The summed E-state index contributed by atoms with van der Waals surface area (Å²) in [6.07, 6.45) is 0. The fourth-order valence-corrected chi connectivity index (χ4v) is 2.10. The molecule has 1 unspecified atom stereocenters. The number of para-hydroxylation sites is 1. The summed E-state index contributed by atoms with van der Waals surface area (Å²) in [5.74, 6) is -0.560. The van der Waals surface area contributed by atoms with E-state index < -0.39 is 11.9 Å². The summed E-state index contributed by atoms with van der Waals surface area (Å²) in [7, 11) is 0. The van der Waals surface area contributed by atoms with Gasteiger partial charge in [-0.15, -0.1) is 0 Å². The maximum atomic E-state index is 11.7. The van der Waals surface area contributed by atoms with Gasteiger partial charge in [-0.25, -0.2) is 9.79 Å². The van der Waals surface area contributed by atoms with Crippen molar-refractivity contribution >= 4 is 29.0 Å². The van der Waals surface area contributed by atoms with Gasteiger partial charge < -0.3 is 0 Å². The second-order valence-electron chi connectivity index (χ2n) is 4.00. The van der Waals surface area contributed by atoms with E-state index in [9.17, 15) is 9.59 Å². The summed E-state index contributed by atoms with van der Waals surface area (Å²) in [5.41, 5.74) is 2.45. The number of nitrogens with one attached hydrogen (secondary N) is 1. The molecule has 0 saturated carbocycles. The molecule has 5 heteroatoms. The summed E-state index contributed by atoms with van der Waals surface area (Å²) < 4.78 is 0. The van der Waals surface area contributed by atoms with Crippen LogP contribution in [0.25, 0.3) is 0 Å². The van der Waals surface area contributed by atoms with Crippen LogP contribution in [0.2, 0.25) is 0 Å². The molecule has 0 radical (unpaired) electrons. The zero-order valence-electron chi connectivity index (χ0n) is 9.10. The van der Waals surface area contributed by atoms with Crippen molar-refractivity contribution in [3.63, 3.8) is 0 Å². The van der Waals surface area contributed by atoms with Gasteiger partial charge in [0, 0.05) is 5.92 Å². The Morgan fingerprint density at radius 1 is 1.18 bits per heavy atom. The Kier molecular flexibility index (Phi) is 1.95. The largest absolute Gasteiger partial charge is 0.348 e. The highest BCUT2D eigenvalue weighted by Crippen LogP contribution is 2.33. The third kappa shape index (κ3) is 1.39. The lowest BCUT2D eigenvalue weighted by Crippen LogP contribution is -2.46. The van der Waals surface area contributed by atoms with E-state index in [2.05, 4.69) is 15.3 Å². The number of aliphatic imine (C=N–C) groups is 2. The van der Waals surface area contributed by atoms with Gasteiger partial charge in [-0.05, 0) is 11.6 Å². The van der Waals surface area contributed by atoms with Crippen LogP contribution >= 0.6 is 0 Å². The van der Waals surface area contributed by atoms with Gasteiger partial charge in [0.05, 0.1) is 11.4 Å². The highest BCUT2D eigenvalue weighted by molar-refractivity contribution is 6.71. The van der Waals surface area contributed by atoms with Gasteiger partial charge >= 0.3 is 6.03 Å². The molecular formula is C12H9N3O2. The van der Waals surface area contributed by atoms with E-state index in [1.54, 1.807) is 0 Å². The molecule has 1 N–H and O–H groups in total. The van der Waals surface area contributed by atoms with Crippen molar-refractivity contribution in [1.82, 2.24) is 5.32 Å². The number of amides is 3. The Hall–Kier alpha value is -2.30. The number of imide groups is 1. The number of rotatable bonds is 0. The highest BCUT2D eigenvalue weighted by atomic mass is 16.2. The van der Waals surface area contributed by atoms with E-state index in [0.29, 0.717) is 5.71 Å². The third-order valence-corrected chi connectivity index (χ3v) is 2.95. The average molecular weight is 227 g/mol. The van der Waals surface area contributed by atoms with E-state index in [0.717, 1.165) is 11.3 Å². The van der Waals surface area contributed by atoms with Crippen LogP contribution in [-0.4, -0.2) is 23.4 Å². The van der Waals surface area contributed by atoms with Gasteiger partial charge in [-0.1, -0.05) is 25.1 Å². The molecule has 0 spiro atoms. The monoisotopic (exact) mass is 227 g/mol. The van der Waals surface area contributed by atoms with Gasteiger partial charge in [0.2, 0.25) is 0 Å². The summed E-state index contributed by atoms with van der Waals surface area (Å²) in [6, 6.07) is 6.93. The Bertz CT molecular complexity index is 602. The highest BCUT2D eigenvalue weighted by Gasteiger charge is 2.34. The van der Waals surface area contributed by atoms with E-state index in [-0.39, 0.29) is 11.6 Å². The van der Waals surface area contributed by atoms with Crippen LogP contribution < -0.4 is 5.32 Å². The number of carbonyl (C=O) groups excluding carboxylic acids is 2. The van der Waals surface area contributed by atoms with Crippen molar-refractivity contribution < 1.29 is 9.59 Å². The third-order valence-electron chi connectivity index (χ3n) is 2.95. The molecule has 17 heavy (non-hydrogen) atoms. The standard InChI is InChI=1S/C12H9N3O2/c1-6-7-4-2-3-5-8(7)13-10-9(6)14-12(17)15-11(10)16/h2-6H,1H3,(H,15,16,17). The first-order valence-electron chi connectivity index (χ1n) is 5.28. The number of fused-ring (bicyclic) bond motifs is 2. The van der Waals surface area contributed by atoms with Crippen LogP contribution in [0.1, 0.15) is 18.4 Å². The molecule has 0 bridgehead atoms. The first-order valence-corrected chi connectivity index (χ1v) is 5.28. The SMILES string of the molecule is CC1C2=NC(=O)NC(=O)C2=Nc2ccccc21. The normalized spacial score (nSPS) is 22.1. The molecule has 5 nitrogen and oxygen atoms in total. The lowest BCUT2D eigenvalue weighted by atomic mass is 9.88. The Labute approximate surface area is 97.3 Å². The van der Waals surface area contributed by atoms with Gasteiger partial charge in [0.15, 0.2) is 5.71 Å². The van der Waals surface area contributed by atoms with Crippen LogP contribution in [0, 0.1) is 0 Å². The molecule has 3 amide bonds. The molecule has 2 heterocycles.